The number of nitrogens with zero attached hydrogens (tertiary/aromatic N) is 1. The molecule has 1 N–H and O–H groups in total. The molecule has 1 aromatic carbocycles. The molecule has 0 saturated heterocycles. The molecule has 1 aromatic heterocycles. The lowest BCUT2D eigenvalue weighted by Gasteiger charge is -2.19. The van der Waals surface area contributed by atoms with Gasteiger partial charge in [-0.1, -0.05) is 32.0 Å². The molecule has 0 radical (unpaired) electrons. The van der Waals surface area contributed by atoms with E-state index >= 15 is 0 Å². The second-order valence-corrected chi connectivity index (χ2v) is 6.04. The molecule has 0 spiro atoms. The molecular formula is C19H24N2O2. The van der Waals surface area contributed by atoms with Crippen molar-refractivity contribution < 1.29 is 9.53 Å². The van der Waals surface area contributed by atoms with E-state index in [4.69, 9.17) is 4.74 Å². The topological polar surface area (TPSA) is 51.2 Å². The summed E-state index contributed by atoms with van der Waals surface area (Å²) in [6.45, 7) is 8.47. The minimum absolute atomic E-state index is 0.134. The minimum atomic E-state index is -0.550. The number of benzene rings is 1. The second kappa shape index (κ2) is 7.77. The van der Waals surface area contributed by atoms with E-state index in [-0.39, 0.29) is 5.91 Å². The molecule has 1 atom stereocenters. The maximum Gasteiger partial charge on any atom is 0.261 e. The number of aromatic nitrogens is 1. The lowest BCUT2D eigenvalue weighted by Crippen LogP contribution is -2.36. The molecule has 0 unspecified atom stereocenters. The number of ether oxygens (including phenoxy) is 1. The van der Waals surface area contributed by atoms with Crippen molar-refractivity contribution in [2.45, 2.75) is 46.3 Å². The van der Waals surface area contributed by atoms with Gasteiger partial charge in [0.05, 0.1) is 0 Å². The van der Waals surface area contributed by atoms with Gasteiger partial charge in [-0.2, -0.15) is 0 Å². The molecule has 0 aliphatic carbocycles. The third-order valence-electron chi connectivity index (χ3n) is 3.65. The molecule has 0 aliphatic rings. The minimum Gasteiger partial charge on any atom is -0.481 e. The van der Waals surface area contributed by atoms with E-state index in [0.29, 0.717) is 12.5 Å². The van der Waals surface area contributed by atoms with Crippen molar-refractivity contribution in [2.24, 2.45) is 0 Å². The number of amides is 1. The predicted molar refractivity (Wildman–Crippen MR) is 91.4 cm³/mol. The number of hydrogen-bond donors (Lipinski definition) is 1. The summed E-state index contributed by atoms with van der Waals surface area (Å²) in [5.74, 6) is 0.991. The van der Waals surface area contributed by atoms with Gasteiger partial charge in [-0.25, -0.2) is 0 Å². The maximum absolute atomic E-state index is 12.2. The lowest BCUT2D eigenvalue weighted by molar-refractivity contribution is -0.127. The first-order valence-corrected chi connectivity index (χ1v) is 7.91. The Hall–Kier alpha value is -2.36. The molecule has 1 amide bonds. The average molecular weight is 312 g/mol. The standard InChI is InChI=1S/C19H24N2O2/c1-13(2)17-8-7-14(3)10-18(17)23-15(4)19(22)21-12-16-6-5-9-20-11-16/h5-11,13,15H,12H2,1-4H3,(H,21,22)/t15-/m1/s1. The number of rotatable bonds is 6. The summed E-state index contributed by atoms with van der Waals surface area (Å²) in [7, 11) is 0. The van der Waals surface area contributed by atoms with Crippen LogP contribution in [0.2, 0.25) is 0 Å². The molecule has 0 fully saturated rings. The van der Waals surface area contributed by atoms with Crippen molar-refractivity contribution in [1.82, 2.24) is 10.3 Å². The first kappa shape index (κ1) is 17.0. The molecule has 4 heteroatoms. The summed E-state index contributed by atoms with van der Waals surface area (Å²) >= 11 is 0. The molecule has 0 aliphatic heterocycles. The highest BCUT2D eigenvalue weighted by molar-refractivity contribution is 5.80. The van der Waals surface area contributed by atoms with Crippen molar-refractivity contribution >= 4 is 5.91 Å². The monoisotopic (exact) mass is 312 g/mol. The Balaban J connectivity index is 1.99. The van der Waals surface area contributed by atoms with E-state index in [0.717, 1.165) is 22.4 Å². The van der Waals surface area contributed by atoms with E-state index in [1.807, 2.05) is 25.1 Å². The number of nitrogens with one attached hydrogen (secondary N) is 1. The molecule has 1 heterocycles. The molecule has 0 bridgehead atoms. The fourth-order valence-corrected chi connectivity index (χ4v) is 2.30. The van der Waals surface area contributed by atoms with Crippen LogP contribution in [-0.2, 0) is 11.3 Å². The first-order chi connectivity index (χ1) is 11.0. The van der Waals surface area contributed by atoms with Crippen LogP contribution >= 0.6 is 0 Å². The van der Waals surface area contributed by atoms with Crippen LogP contribution in [0, 0.1) is 6.92 Å². The maximum atomic E-state index is 12.2. The van der Waals surface area contributed by atoms with Crippen molar-refractivity contribution in [3.63, 3.8) is 0 Å². The van der Waals surface area contributed by atoms with Gasteiger partial charge in [-0.15, -0.1) is 0 Å². The summed E-state index contributed by atoms with van der Waals surface area (Å²) in [5, 5.41) is 2.88. The van der Waals surface area contributed by atoms with Crippen LogP contribution in [0.5, 0.6) is 5.75 Å². The Bertz CT molecular complexity index is 654. The lowest BCUT2D eigenvalue weighted by atomic mass is 10.0. The number of hydrogen-bond acceptors (Lipinski definition) is 3. The van der Waals surface area contributed by atoms with E-state index in [1.165, 1.54) is 0 Å². The van der Waals surface area contributed by atoms with Crippen molar-refractivity contribution in [3.8, 4) is 5.75 Å². The summed E-state index contributed by atoms with van der Waals surface area (Å²) < 4.78 is 5.91. The van der Waals surface area contributed by atoms with Gasteiger partial charge in [0.1, 0.15) is 5.75 Å². The summed E-state index contributed by atoms with van der Waals surface area (Å²) in [6, 6.07) is 9.89. The zero-order valence-electron chi connectivity index (χ0n) is 14.2. The van der Waals surface area contributed by atoms with Crippen molar-refractivity contribution in [2.75, 3.05) is 0 Å². The third-order valence-corrected chi connectivity index (χ3v) is 3.65. The van der Waals surface area contributed by atoms with Gasteiger partial charge in [-0.3, -0.25) is 9.78 Å². The van der Waals surface area contributed by atoms with E-state index in [9.17, 15) is 4.79 Å². The normalized spacial score (nSPS) is 12.0. The zero-order valence-corrected chi connectivity index (χ0v) is 14.2. The molecule has 4 nitrogen and oxygen atoms in total. The van der Waals surface area contributed by atoms with Crippen molar-refractivity contribution in [1.29, 1.82) is 0 Å². The summed E-state index contributed by atoms with van der Waals surface area (Å²) in [4.78, 5) is 16.3. The van der Waals surface area contributed by atoms with Gasteiger partial charge in [0.2, 0.25) is 0 Å². The molecule has 2 rings (SSSR count). The van der Waals surface area contributed by atoms with Crippen LogP contribution in [-0.4, -0.2) is 17.0 Å². The van der Waals surface area contributed by atoms with Crippen LogP contribution in [0.3, 0.4) is 0 Å². The first-order valence-electron chi connectivity index (χ1n) is 7.91. The van der Waals surface area contributed by atoms with E-state index in [1.54, 1.807) is 19.3 Å². The highest BCUT2D eigenvalue weighted by Crippen LogP contribution is 2.28. The average Bonchev–Trinajstić information content (AvgIpc) is 2.53. The van der Waals surface area contributed by atoms with Crippen LogP contribution < -0.4 is 10.1 Å². The largest absolute Gasteiger partial charge is 0.481 e. The fourth-order valence-electron chi connectivity index (χ4n) is 2.30. The van der Waals surface area contributed by atoms with Crippen LogP contribution in [0.4, 0.5) is 0 Å². The van der Waals surface area contributed by atoms with Gasteiger partial charge in [-0.05, 0) is 48.6 Å². The highest BCUT2D eigenvalue weighted by atomic mass is 16.5. The van der Waals surface area contributed by atoms with Gasteiger partial charge >= 0.3 is 0 Å². The van der Waals surface area contributed by atoms with E-state index < -0.39 is 6.10 Å². The van der Waals surface area contributed by atoms with Crippen LogP contribution in [0.25, 0.3) is 0 Å². The summed E-state index contributed by atoms with van der Waals surface area (Å²) in [6.07, 6.45) is 2.90. The molecular weight excluding hydrogens is 288 g/mol. The SMILES string of the molecule is Cc1ccc(C(C)C)c(O[C@H](C)C(=O)NCc2cccnc2)c1. The molecule has 122 valence electrons. The zero-order chi connectivity index (χ0) is 16.8. The third kappa shape index (κ3) is 4.81. The number of aryl methyl sites for hydroxylation is 1. The van der Waals surface area contributed by atoms with Gasteiger partial charge in [0.25, 0.3) is 5.91 Å². The van der Waals surface area contributed by atoms with Gasteiger partial charge in [0, 0.05) is 18.9 Å². The number of pyridine rings is 1. The molecule has 0 saturated carbocycles. The predicted octanol–water partition coefficient (Wildman–Crippen LogP) is 3.60. The van der Waals surface area contributed by atoms with Gasteiger partial charge in [0.15, 0.2) is 6.10 Å². The Morgan fingerprint density at radius 3 is 2.70 bits per heavy atom. The second-order valence-electron chi connectivity index (χ2n) is 6.04. The number of carbonyl (C=O) groups is 1. The van der Waals surface area contributed by atoms with Crippen molar-refractivity contribution in [3.05, 3.63) is 59.4 Å². The Morgan fingerprint density at radius 1 is 1.26 bits per heavy atom. The van der Waals surface area contributed by atoms with Crippen LogP contribution in [0.15, 0.2) is 42.7 Å². The van der Waals surface area contributed by atoms with Crippen LogP contribution in [0.1, 0.15) is 43.4 Å². The Morgan fingerprint density at radius 2 is 2.04 bits per heavy atom. The quantitative estimate of drug-likeness (QED) is 0.886. The summed E-state index contributed by atoms with van der Waals surface area (Å²) in [5.41, 5.74) is 3.20. The van der Waals surface area contributed by atoms with Gasteiger partial charge < -0.3 is 10.1 Å². The number of carbonyl (C=O) groups excluding carboxylic acids is 1. The molecule has 2 aromatic rings. The molecule has 23 heavy (non-hydrogen) atoms. The Labute approximate surface area is 137 Å². The Kier molecular flexibility index (Phi) is 5.74. The smallest absolute Gasteiger partial charge is 0.261 e. The highest BCUT2D eigenvalue weighted by Gasteiger charge is 2.17. The fraction of sp³-hybridized carbons (Fsp3) is 0.368. The van der Waals surface area contributed by atoms with E-state index in [2.05, 4.69) is 36.3 Å².